The summed E-state index contributed by atoms with van der Waals surface area (Å²) in [6.45, 7) is 0. The monoisotopic (exact) mass is 376 g/mol. The van der Waals surface area contributed by atoms with Crippen molar-refractivity contribution in [3.8, 4) is 0 Å². The normalized spacial score (nSPS) is 15.8. The van der Waals surface area contributed by atoms with E-state index >= 15 is 0 Å². The average Bonchev–Trinajstić information content (AvgIpc) is 3.03. The molecule has 1 saturated carbocycles. The fraction of sp³-hybridized carbons (Fsp3) is 0.500. The molecule has 0 bridgehead atoms. The molecule has 0 radical (unpaired) electrons. The molecule has 0 spiro atoms. The zero-order valence-electron chi connectivity index (χ0n) is 14.7. The minimum Gasteiger partial charge on any atom is -0.369 e. The molecule has 0 atom stereocenters. The van der Waals surface area contributed by atoms with E-state index in [-0.39, 0.29) is 24.6 Å². The van der Waals surface area contributed by atoms with E-state index in [9.17, 15) is 13.2 Å². The second-order valence-electron chi connectivity index (χ2n) is 6.71. The van der Waals surface area contributed by atoms with Crippen LogP contribution in [0.1, 0.15) is 49.8 Å². The topological polar surface area (TPSA) is 108 Å². The summed E-state index contributed by atoms with van der Waals surface area (Å²) in [5, 5.41) is 4.46. The van der Waals surface area contributed by atoms with E-state index in [4.69, 9.17) is 5.73 Å². The third-order valence-electron chi connectivity index (χ3n) is 4.70. The number of hydrogen-bond acceptors (Lipinski definition) is 5. The van der Waals surface area contributed by atoms with Crippen LogP contribution in [0.25, 0.3) is 0 Å². The van der Waals surface area contributed by atoms with Gasteiger partial charge in [0.1, 0.15) is 5.82 Å². The molecule has 3 rings (SSSR count). The summed E-state index contributed by atoms with van der Waals surface area (Å²) in [5.74, 6) is 0.454. The Labute approximate surface area is 153 Å². The van der Waals surface area contributed by atoms with E-state index in [1.54, 1.807) is 30.3 Å². The summed E-state index contributed by atoms with van der Waals surface area (Å²) in [6, 6.07) is 8.62. The Hall–Kier alpha value is -2.22. The zero-order chi connectivity index (χ0) is 18.6. The lowest BCUT2D eigenvalue weighted by Gasteiger charge is -2.23. The summed E-state index contributed by atoms with van der Waals surface area (Å²) in [7, 11) is -3.39. The van der Waals surface area contributed by atoms with Crippen LogP contribution in [0.2, 0.25) is 0 Å². The Morgan fingerprint density at radius 1 is 1.15 bits per heavy atom. The zero-order valence-corrected chi connectivity index (χ0v) is 15.5. The van der Waals surface area contributed by atoms with Crippen LogP contribution < -0.4 is 5.73 Å². The fourth-order valence-electron chi connectivity index (χ4n) is 3.40. The van der Waals surface area contributed by atoms with Crippen LogP contribution in [0.15, 0.2) is 35.2 Å². The van der Waals surface area contributed by atoms with Crippen LogP contribution in [-0.4, -0.2) is 34.8 Å². The number of nitrogens with two attached hydrogens (primary N) is 1. The third-order valence-corrected chi connectivity index (χ3v) is 6.43. The van der Waals surface area contributed by atoms with Gasteiger partial charge in [0.2, 0.25) is 5.91 Å². The number of rotatable bonds is 7. The SMILES string of the molecule is NC(=O)Cc1nc(CCS(=O)(=O)c2ccccc2)n(C2CCCCC2)n1. The largest absolute Gasteiger partial charge is 0.369 e. The van der Waals surface area contributed by atoms with Crippen LogP contribution in [-0.2, 0) is 27.5 Å². The van der Waals surface area contributed by atoms with Crippen LogP contribution in [0, 0.1) is 0 Å². The van der Waals surface area contributed by atoms with E-state index in [1.807, 2.05) is 4.68 Å². The molecule has 7 nitrogen and oxygen atoms in total. The predicted molar refractivity (Wildman–Crippen MR) is 97.2 cm³/mol. The molecule has 1 heterocycles. The Balaban J connectivity index is 1.81. The van der Waals surface area contributed by atoms with E-state index in [1.165, 1.54) is 6.42 Å². The van der Waals surface area contributed by atoms with Gasteiger partial charge in [-0.25, -0.2) is 18.1 Å². The molecule has 8 heteroatoms. The highest BCUT2D eigenvalue weighted by molar-refractivity contribution is 7.91. The maximum absolute atomic E-state index is 12.5. The summed E-state index contributed by atoms with van der Waals surface area (Å²) < 4.78 is 26.9. The van der Waals surface area contributed by atoms with Crippen molar-refractivity contribution in [2.45, 2.75) is 55.9 Å². The second-order valence-corrected chi connectivity index (χ2v) is 8.81. The predicted octanol–water partition coefficient (Wildman–Crippen LogP) is 1.83. The Morgan fingerprint density at radius 3 is 2.50 bits per heavy atom. The van der Waals surface area contributed by atoms with Crippen molar-refractivity contribution < 1.29 is 13.2 Å². The molecule has 0 unspecified atom stereocenters. The van der Waals surface area contributed by atoms with Gasteiger partial charge in [0, 0.05) is 6.42 Å². The van der Waals surface area contributed by atoms with Gasteiger partial charge in [-0.1, -0.05) is 37.5 Å². The number of sulfone groups is 1. The number of carbonyl (C=O) groups is 1. The van der Waals surface area contributed by atoms with Gasteiger partial charge in [-0.3, -0.25) is 4.79 Å². The van der Waals surface area contributed by atoms with Crippen molar-refractivity contribution >= 4 is 15.7 Å². The van der Waals surface area contributed by atoms with Gasteiger partial charge >= 0.3 is 0 Å². The van der Waals surface area contributed by atoms with Crippen molar-refractivity contribution in [3.05, 3.63) is 42.0 Å². The van der Waals surface area contributed by atoms with Gasteiger partial charge in [-0.15, -0.1) is 0 Å². The summed E-state index contributed by atoms with van der Waals surface area (Å²) >= 11 is 0. The molecule has 1 aromatic heterocycles. The summed E-state index contributed by atoms with van der Waals surface area (Å²) in [4.78, 5) is 15.9. The molecule has 26 heavy (non-hydrogen) atoms. The van der Waals surface area contributed by atoms with Gasteiger partial charge < -0.3 is 5.73 Å². The second kappa shape index (κ2) is 7.99. The van der Waals surface area contributed by atoms with Gasteiger partial charge in [0.15, 0.2) is 15.7 Å². The number of carbonyl (C=O) groups excluding carboxylic acids is 1. The minimum atomic E-state index is -3.39. The van der Waals surface area contributed by atoms with E-state index in [0.29, 0.717) is 16.5 Å². The van der Waals surface area contributed by atoms with Gasteiger partial charge in [0.25, 0.3) is 0 Å². The lowest BCUT2D eigenvalue weighted by atomic mass is 9.95. The lowest BCUT2D eigenvalue weighted by Crippen LogP contribution is -2.19. The molecular weight excluding hydrogens is 352 g/mol. The van der Waals surface area contributed by atoms with Gasteiger partial charge in [0.05, 0.1) is 23.1 Å². The highest BCUT2D eigenvalue weighted by atomic mass is 32.2. The van der Waals surface area contributed by atoms with Crippen LogP contribution >= 0.6 is 0 Å². The number of aryl methyl sites for hydroxylation is 1. The molecule has 0 saturated heterocycles. The molecule has 2 N–H and O–H groups in total. The van der Waals surface area contributed by atoms with Crippen molar-refractivity contribution in [2.24, 2.45) is 5.73 Å². The lowest BCUT2D eigenvalue weighted by molar-refractivity contribution is -0.117. The first-order chi connectivity index (χ1) is 12.5. The number of nitrogens with zero attached hydrogens (tertiary/aromatic N) is 3. The van der Waals surface area contributed by atoms with Gasteiger partial charge in [-0.05, 0) is 25.0 Å². The first-order valence-corrected chi connectivity index (χ1v) is 10.6. The Kier molecular flexibility index (Phi) is 5.70. The van der Waals surface area contributed by atoms with Crippen LogP contribution in [0.5, 0.6) is 0 Å². The average molecular weight is 376 g/mol. The first-order valence-electron chi connectivity index (χ1n) is 8.96. The molecule has 1 aliphatic carbocycles. The third kappa shape index (κ3) is 4.49. The molecule has 2 aromatic rings. The molecule has 1 fully saturated rings. The number of primary amides is 1. The maximum atomic E-state index is 12.5. The van der Waals surface area contributed by atoms with E-state index in [2.05, 4.69) is 10.1 Å². The quantitative estimate of drug-likeness (QED) is 0.793. The fourth-order valence-corrected chi connectivity index (χ4v) is 4.65. The summed E-state index contributed by atoms with van der Waals surface area (Å²) in [5.41, 5.74) is 5.26. The first kappa shape index (κ1) is 18.6. The highest BCUT2D eigenvalue weighted by Gasteiger charge is 2.23. The Bertz CT molecular complexity index is 856. The van der Waals surface area contributed by atoms with Crippen molar-refractivity contribution in [3.63, 3.8) is 0 Å². The number of aromatic nitrogens is 3. The molecule has 140 valence electrons. The molecule has 0 aliphatic heterocycles. The molecular formula is C18H24N4O3S. The smallest absolute Gasteiger partial charge is 0.225 e. The summed E-state index contributed by atoms with van der Waals surface area (Å²) in [6.07, 6.45) is 5.68. The van der Waals surface area contributed by atoms with Crippen molar-refractivity contribution in [2.75, 3.05) is 5.75 Å². The highest BCUT2D eigenvalue weighted by Crippen LogP contribution is 2.28. The maximum Gasteiger partial charge on any atom is 0.225 e. The molecule has 1 aliphatic rings. The van der Waals surface area contributed by atoms with E-state index < -0.39 is 15.7 Å². The van der Waals surface area contributed by atoms with Crippen LogP contribution in [0.4, 0.5) is 0 Å². The molecule has 1 amide bonds. The molecule has 1 aromatic carbocycles. The van der Waals surface area contributed by atoms with Gasteiger partial charge in [-0.2, -0.15) is 5.10 Å². The Morgan fingerprint density at radius 2 is 1.85 bits per heavy atom. The van der Waals surface area contributed by atoms with Crippen molar-refractivity contribution in [1.29, 1.82) is 0 Å². The number of hydrogen-bond donors (Lipinski definition) is 1. The van der Waals surface area contributed by atoms with Crippen molar-refractivity contribution in [1.82, 2.24) is 14.8 Å². The standard InChI is InChI=1S/C18H24N4O3S/c19-16(23)13-17-20-18(22(21-17)14-7-3-1-4-8-14)11-12-26(24,25)15-9-5-2-6-10-15/h2,5-6,9-10,14H,1,3-4,7-8,11-13H2,(H2,19,23). The van der Waals surface area contributed by atoms with E-state index in [0.717, 1.165) is 25.7 Å². The van der Waals surface area contributed by atoms with Crippen LogP contribution in [0.3, 0.4) is 0 Å². The number of amides is 1. The minimum absolute atomic E-state index is 0.0296. The number of benzene rings is 1.